The molecule has 1 aromatic carbocycles. The molecular weight excluding hydrogens is 452 g/mol. The van der Waals surface area contributed by atoms with Gasteiger partial charge in [-0.25, -0.2) is 0 Å². The highest BCUT2D eigenvalue weighted by Crippen LogP contribution is 2.29. The van der Waals surface area contributed by atoms with Gasteiger partial charge in [0.25, 0.3) is 0 Å². The van der Waals surface area contributed by atoms with E-state index in [0.717, 1.165) is 41.1 Å². The third kappa shape index (κ3) is 7.93. The molecule has 0 aliphatic carbocycles. The number of hydrogen-bond donors (Lipinski definition) is 0. The van der Waals surface area contributed by atoms with E-state index < -0.39 is 13.7 Å². The summed E-state index contributed by atoms with van der Waals surface area (Å²) >= 11 is 1.63. The maximum absolute atomic E-state index is 12.3. The fraction of sp³-hybridized carbons (Fsp3) is 0.667. The minimum atomic E-state index is -1.81. The first-order valence-corrected chi connectivity index (χ1v) is 15.5. The molecule has 2 aromatic rings. The number of para-hydroxylation sites is 1. The van der Waals surface area contributed by atoms with Crippen LogP contribution >= 0.6 is 11.8 Å². The first-order chi connectivity index (χ1) is 15.7. The average molecular weight is 493 g/mol. The molecule has 7 nitrogen and oxygen atoms in total. The largest absolute Gasteiger partial charge is 0.465 e. The lowest BCUT2D eigenvalue weighted by molar-refractivity contribution is -0.155. The third-order valence-corrected chi connectivity index (χ3v) is 11.8. The number of tetrazole rings is 1. The van der Waals surface area contributed by atoms with E-state index in [2.05, 4.69) is 43.2 Å². The number of ether oxygens (including phenoxy) is 1. The molecule has 0 N–H and O–H groups in total. The zero-order valence-electron chi connectivity index (χ0n) is 21.2. The summed E-state index contributed by atoms with van der Waals surface area (Å²) in [6, 6.07) is 13.2. The lowest BCUT2D eigenvalue weighted by Gasteiger charge is -2.36. The van der Waals surface area contributed by atoms with Crippen molar-refractivity contribution >= 4 is 26.0 Å². The Balaban J connectivity index is 2.08. The highest BCUT2D eigenvalue weighted by atomic mass is 32.2. The molecule has 33 heavy (non-hydrogen) atoms. The van der Waals surface area contributed by atoms with E-state index in [4.69, 9.17) is 9.16 Å². The quantitative estimate of drug-likeness (QED) is 0.200. The molecule has 0 saturated heterocycles. The van der Waals surface area contributed by atoms with Gasteiger partial charge in [-0.1, -0.05) is 57.7 Å². The zero-order valence-corrected chi connectivity index (χ0v) is 23.0. The Kier molecular flexibility index (Phi) is 10.6. The molecule has 0 radical (unpaired) electrons. The summed E-state index contributed by atoms with van der Waals surface area (Å²) in [5.41, 5.74) is 0.435. The molecule has 1 unspecified atom stereocenters. The summed E-state index contributed by atoms with van der Waals surface area (Å²) in [6.45, 7) is 14.9. The summed E-state index contributed by atoms with van der Waals surface area (Å²) in [4.78, 5) is 12.3. The number of rotatable bonds is 13. The van der Waals surface area contributed by atoms with Gasteiger partial charge in [0.2, 0.25) is 5.16 Å². The molecule has 0 fully saturated rings. The van der Waals surface area contributed by atoms with Gasteiger partial charge in [-0.05, 0) is 67.9 Å². The predicted molar refractivity (Wildman–Crippen MR) is 136 cm³/mol. The highest BCUT2D eigenvalue weighted by molar-refractivity contribution is 7.99. The minimum absolute atomic E-state index is 0.0258. The number of benzene rings is 1. The molecule has 184 valence electrons. The Hall–Kier alpha value is -1.71. The van der Waals surface area contributed by atoms with Crippen LogP contribution in [0, 0.1) is 11.3 Å². The number of esters is 1. The fourth-order valence-electron chi connectivity index (χ4n) is 3.58. The second-order valence-corrected chi connectivity index (χ2v) is 15.4. The first kappa shape index (κ1) is 27.5. The van der Waals surface area contributed by atoms with Crippen LogP contribution in [-0.4, -0.2) is 53.0 Å². The molecule has 1 aromatic heterocycles. The topological polar surface area (TPSA) is 79.1 Å². The Morgan fingerprint density at radius 1 is 1.12 bits per heavy atom. The SMILES string of the molecule is CC[Si](CC)(CC)O[C@@H](CCSc1nnnn1-c1ccccc1)C(C)COC(=O)C(C)(C)C. The van der Waals surface area contributed by atoms with Crippen LogP contribution in [0.4, 0.5) is 0 Å². The Morgan fingerprint density at radius 2 is 1.76 bits per heavy atom. The maximum Gasteiger partial charge on any atom is 0.311 e. The minimum Gasteiger partial charge on any atom is -0.465 e. The molecule has 0 aliphatic rings. The van der Waals surface area contributed by atoms with Gasteiger partial charge in [-0.3, -0.25) is 4.79 Å². The monoisotopic (exact) mass is 492 g/mol. The van der Waals surface area contributed by atoms with E-state index in [1.54, 1.807) is 16.4 Å². The molecule has 1 heterocycles. The maximum atomic E-state index is 12.3. The zero-order chi connectivity index (χ0) is 24.5. The number of hydrogen-bond acceptors (Lipinski definition) is 7. The van der Waals surface area contributed by atoms with Crippen molar-refractivity contribution in [3.63, 3.8) is 0 Å². The number of aromatic nitrogens is 4. The number of nitrogens with zero attached hydrogens (tertiary/aromatic N) is 4. The lowest BCUT2D eigenvalue weighted by atomic mass is 9.97. The first-order valence-electron chi connectivity index (χ1n) is 12.0. The molecule has 0 aliphatic heterocycles. The standard InChI is InChI=1S/C24H40N4O3SSi/c1-8-33(9-2,10-3)31-21(19(4)18-30-22(29)24(5,6)7)16-17-32-23-25-26-27-28(23)20-14-12-11-13-15-20/h11-15,19,21H,8-10,16-18H2,1-7H3/t19?,21-/m0/s1. The molecule has 0 amide bonds. The summed E-state index contributed by atoms with van der Waals surface area (Å²) in [6.07, 6.45) is 0.868. The van der Waals surface area contributed by atoms with Gasteiger partial charge in [0.15, 0.2) is 8.32 Å². The predicted octanol–water partition coefficient (Wildman–Crippen LogP) is 5.76. The van der Waals surface area contributed by atoms with E-state index >= 15 is 0 Å². The van der Waals surface area contributed by atoms with Gasteiger partial charge in [0, 0.05) is 11.7 Å². The second-order valence-electron chi connectivity index (χ2n) is 9.57. The highest BCUT2D eigenvalue weighted by Gasteiger charge is 2.34. The molecule has 2 rings (SSSR count). The molecule has 2 atom stereocenters. The normalized spacial score (nSPS) is 14.2. The van der Waals surface area contributed by atoms with Crippen LogP contribution in [0.2, 0.25) is 18.1 Å². The molecule has 9 heteroatoms. The summed E-state index contributed by atoms with van der Waals surface area (Å²) < 4.78 is 14.3. The van der Waals surface area contributed by atoms with Crippen LogP contribution < -0.4 is 0 Å². The Labute approximate surface area is 204 Å². The van der Waals surface area contributed by atoms with E-state index in [0.29, 0.717) is 6.61 Å². The van der Waals surface area contributed by atoms with Crippen LogP contribution in [0.1, 0.15) is 54.9 Å². The molecule has 0 saturated carbocycles. The van der Waals surface area contributed by atoms with Gasteiger partial charge < -0.3 is 9.16 Å². The molecular formula is C24H40N4O3SSi. The van der Waals surface area contributed by atoms with Crippen LogP contribution in [0.3, 0.4) is 0 Å². The van der Waals surface area contributed by atoms with E-state index in [9.17, 15) is 4.79 Å². The fourth-order valence-corrected chi connectivity index (χ4v) is 7.46. The molecule has 0 spiro atoms. The summed E-state index contributed by atoms with van der Waals surface area (Å²) in [5, 5.41) is 13.0. The van der Waals surface area contributed by atoms with Gasteiger partial charge in [0.05, 0.1) is 23.8 Å². The lowest BCUT2D eigenvalue weighted by Crippen LogP contribution is -2.43. The number of carbonyl (C=O) groups excluding carboxylic acids is 1. The van der Waals surface area contributed by atoms with Crippen LogP contribution in [0.15, 0.2) is 35.5 Å². The molecule has 0 bridgehead atoms. The van der Waals surface area contributed by atoms with Gasteiger partial charge in [-0.2, -0.15) is 4.68 Å². The van der Waals surface area contributed by atoms with Crippen LogP contribution in [-0.2, 0) is 14.0 Å². The summed E-state index contributed by atoms with van der Waals surface area (Å²) in [5.74, 6) is 0.755. The van der Waals surface area contributed by atoms with E-state index in [1.807, 2.05) is 51.1 Å². The van der Waals surface area contributed by atoms with Crippen molar-refractivity contribution in [3.8, 4) is 5.69 Å². The Bertz CT molecular complexity index is 845. The van der Waals surface area contributed by atoms with Crippen molar-refractivity contribution in [2.75, 3.05) is 12.4 Å². The number of thioether (sulfide) groups is 1. The van der Waals surface area contributed by atoms with Gasteiger partial charge in [0.1, 0.15) is 0 Å². The van der Waals surface area contributed by atoms with E-state index in [1.165, 1.54) is 0 Å². The van der Waals surface area contributed by atoms with E-state index in [-0.39, 0.29) is 18.0 Å². The van der Waals surface area contributed by atoms with Crippen molar-refractivity contribution in [1.82, 2.24) is 20.2 Å². The smallest absolute Gasteiger partial charge is 0.311 e. The van der Waals surface area contributed by atoms with Crippen LogP contribution in [0.25, 0.3) is 5.69 Å². The van der Waals surface area contributed by atoms with Crippen molar-refractivity contribution in [3.05, 3.63) is 30.3 Å². The van der Waals surface area contributed by atoms with Crippen molar-refractivity contribution in [2.24, 2.45) is 11.3 Å². The second kappa shape index (κ2) is 12.7. The van der Waals surface area contributed by atoms with Gasteiger partial charge in [-0.15, -0.1) is 5.10 Å². The van der Waals surface area contributed by atoms with Crippen LogP contribution in [0.5, 0.6) is 0 Å². The number of carbonyl (C=O) groups is 1. The Morgan fingerprint density at radius 3 is 2.33 bits per heavy atom. The summed E-state index contributed by atoms with van der Waals surface area (Å²) in [7, 11) is -1.81. The van der Waals surface area contributed by atoms with Crippen molar-refractivity contribution in [1.29, 1.82) is 0 Å². The average Bonchev–Trinajstić information content (AvgIpc) is 3.28. The van der Waals surface area contributed by atoms with Crippen molar-refractivity contribution < 1.29 is 14.0 Å². The van der Waals surface area contributed by atoms with Gasteiger partial charge >= 0.3 is 5.97 Å². The third-order valence-electron chi connectivity index (χ3n) is 6.13. The van der Waals surface area contributed by atoms with Crippen molar-refractivity contribution in [2.45, 2.75) is 84.3 Å².